The Morgan fingerprint density at radius 3 is 2.11 bits per heavy atom. The molecule has 1 aliphatic rings. The Kier molecular flexibility index (Phi) is 1.55. The van der Waals surface area contributed by atoms with Crippen molar-refractivity contribution in [3.8, 4) is 0 Å². The highest BCUT2D eigenvalue weighted by Crippen LogP contribution is 2.42. The van der Waals surface area contributed by atoms with Crippen LogP contribution in [0.3, 0.4) is 0 Å². The van der Waals surface area contributed by atoms with E-state index < -0.39 is 0 Å². The molecule has 0 radical (unpaired) electrons. The Hall–Kier alpha value is -0.0400. The van der Waals surface area contributed by atoms with E-state index in [9.17, 15) is 5.11 Å². The van der Waals surface area contributed by atoms with E-state index in [4.69, 9.17) is 0 Å². The van der Waals surface area contributed by atoms with E-state index in [0.29, 0.717) is 11.8 Å². The second kappa shape index (κ2) is 1.98. The zero-order valence-corrected chi connectivity index (χ0v) is 6.52. The van der Waals surface area contributed by atoms with Crippen molar-refractivity contribution in [2.45, 2.75) is 39.2 Å². The van der Waals surface area contributed by atoms with Crippen molar-refractivity contribution in [1.82, 2.24) is 0 Å². The van der Waals surface area contributed by atoms with E-state index >= 15 is 0 Å². The van der Waals surface area contributed by atoms with Gasteiger partial charge in [0.1, 0.15) is 0 Å². The summed E-state index contributed by atoms with van der Waals surface area (Å²) in [5.41, 5.74) is -0.339. The van der Waals surface area contributed by atoms with Gasteiger partial charge in [-0.05, 0) is 31.6 Å². The highest BCUT2D eigenvalue weighted by atomic mass is 16.3. The van der Waals surface area contributed by atoms with E-state index in [1.54, 1.807) is 0 Å². The molecular weight excluding hydrogens is 112 g/mol. The quantitative estimate of drug-likeness (QED) is 0.571. The number of hydrogen-bond donors (Lipinski definition) is 1. The lowest BCUT2D eigenvalue weighted by atomic mass is 9.65. The van der Waals surface area contributed by atoms with Crippen molar-refractivity contribution in [3.63, 3.8) is 0 Å². The van der Waals surface area contributed by atoms with Crippen LogP contribution in [0, 0.1) is 11.8 Å². The molecule has 1 fully saturated rings. The Labute approximate surface area is 57.1 Å². The Bertz CT molecular complexity index is 105. The molecule has 0 heterocycles. The van der Waals surface area contributed by atoms with Crippen molar-refractivity contribution in [2.75, 3.05) is 0 Å². The van der Waals surface area contributed by atoms with Crippen LogP contribution in [0.25, 0.3) is 0 Å². The second-order valence-corrected chi connectivity index (χ2v) is 3.75. The van der Waals surface area contributed by atoms with Crippen LogP contribution in [0.4, 0.5) is 0 Å². The molecule has 0 spiro atoms. The summed E-state index contributed by atoms with van der Waals surface area (Å²) in [6, 6.07) is 0. The van der Waals surface area contributed by atoms with Crippen molar-refractivity contribution < 1.29 is 5.11 Å². The molecule has 1 rings (SSSR count). The molecule has 1 heteroatoms. The monoisotopic (exact) mass is 128 g/mol. The first-order chi connectivity index (χ1) is 4.04. The van der Waals surface area contributed by atoms with Gasteiger partial charge in [-0.1, -0.05) is 13.8 Å². The summed E-state index contributed by atoms with van der Waals surface area (Å²) in [7, 11) is 0. The first kappa shape index (κ1) is 7.07. The van der Waals surface area contributed by atoms with E-state index in [0.717, 1.165) is 6.42 Å². The minimum absolute atomic E-state index is 0.339. The molecule has 9 heavy (non-hydrogen) atoms. The molecule has 1 N–H and O–H groups in total. The Morgan fingerprint density at radius 2 is 2.11 bits per heavy atom. The van der Waals surface area contributed by atoms with Gasteiger partial charge in [-0.15, -0.1) is 0 Å². The predicted molar refractivity (Wildman–Crippen MR) is 38.2 cm³/mol. The molecule has 54 valence electrons. The lowest BCUT2D eigenvalue weighted by molar-refractivity contribution is -0.0970. The van der Waals surface area contributed by atoms with Gasteiger partial charge in [-0.25, -0.2) is 0 Å². The molecular formula is C8H16O. The van der Waals surface area contributed by atoms with Gasteiger partial charge in [-0.2, -0.15) is 0 Å². The maximum atomic E-state index is 9.54. The molecule has 0 amide bonds. The van der Waals surface area contributed by atoms with Gasteiger partial charge < -0.3 is 5.11 Å². The summed E-state index contributed by atoms with van der Waals surface area (Å²) >= 11 is 0. The van der Waals surface area contributed by atoms with Gasteiger partial charge >= 0.3 is 0 Å². The van der Waals surface area contributed by atoms with Crippen LogP contribution in [0.15, 0.2) is 0 Å². The summed E-state index contributed by atoms with van der Waals surface area (Å²) < 4.78 is 0. The third kappa shape index (κ3) is 1.11. The molecule has 0 unspecified atom stereocenters. The highest BCUT2D eigenvalue weighted by molar-refractivity contribution is 4.93. The van der Waals surface area contributed by atoms with Crippen LogP contribution in [-0.4, -0.2) is 10.7 Å². The maximum absolute atomic E-state index is 9.54. The number of rotatable bonds is 1. The topological polar surface area (TPSA) is 20.2 Å². The summed E-state index contributed by atoms with van der Waals surface area (Å²) in [6.45, 7) is 6.30. The zero-order valence-electron chi connectivity index (χ0n) is 6.52. The fourth-order valence-electron chi connectivity index (χ4n) is 1.78. The van der Waals surface area contributed by atoms with Crippen LogP contribution >= 0.6 is 0 Å². The van der Waals surface area contributed by atoms with Crippen LogP contribution in [0.5, 0.6) is 0 Å². The smallest absolute Gasteiger partial charge is 0.0650 e. The molecule has 0 saturated heterocycles. The Morgan fingerprint density at radius 1 is 1.56 bits per heavy atom. The van der Waals surface area contributed by atoms with Crippen molar-refractivity contribution in [3.05, 3.63) is 0 Å². The third-order valence-electron chi connectivity index (χ3n) is 2.57. The lowest BCUT2D eigenvalue weighted by Crippen LogP contribution is -2.46. The van der Waals surface area contributed by atoms with Crippen molar-refractivity contribution in [1.29, 1.82) is 0 Å². The van der Waals surface area contributed by atoms with Crippen LogP contribution in [0.1, 0.15) is 33.6 Å². The molecule has 0 aromatic rings. The molecule has 2 atom stereocenters. The van der Waals surface area contributed by atoms with Gasteiger partial charge in [0.05, 0.1) is 5.60 Å². The fourth-order valence-corrected chi connectivity index (χ4v) is 1.78. The largest absolute Gasteiger partial charge is 0.390 e. The predicted octanol–water partition coefficient (Wildman–Crippen LogP) is 1.80. The standard InChI is InChI=1S/C8H16O/c1-6(2)7-4-5-8(7,3)9/h6-7,9H,4-5H2,1-3H3/t7-,8+/m1/s1. The highest BCUT2D eigenvalue weighted by Gasteiger charge is 2.42. The number of hydrogen-bond acceptors (Lipinski definition) is 1. The summed E-state index contributed by atoms with van der Waals surface area (Å²) in [5, 5.41) is 9.54. The van der Waals surface area contributed by atoms with Gasteiger partial charge in [0.25, 0.3) is 0 Å². The Balaban J connectivity index is 2.45. The summed E-state index contributed by atoms with van der Waals surface area (Å²) in [5.74, 6) is 1.20. The summed E-state index contributed by atoms with van der Waals surface area (Å²) in [4.78, 5) is 0. The SMILES string of the molecule is CC(C)[C@H]1CC[C@]1(C)O. The van der Waals surface area contributed by atoms with Crippen molar-refractivity contribution >= 4 is 0 Å². The normalized spacial score (nSPS) is 43.0. The van der Waals surface area contributed by atoms with E-state index in [1.807, 2.05) is 6.92 Å². The van der Waals surface area contributed by atoms with Gasteiger partial charge in [-0.3, -0.25) is 0 Å². The van der Waals surface area contributed by atoms with Gasteiger partial charge in [0, 0.05) is 0 Å². The first-order valence-corrected chi connectivity index (χ1v) is 3.76. The van der Waals surface area contributed by atoms with E-state index in [1.165, 1.54) is 6.42 Å². The van der Waals surface area contributed by atoms with Crippen LogP contribution in [0.2, 0.25) is 0 Å². The molecule has 0 aromatic heterocycles. The van der Waals surface area contributed by atoms with E-state index in [-0.39, 0.29) is 5.60 Å². The van der Waals surface area contributed by atoms with Crippen LogP contribution in [-0.2, 0) is 0 Å². The third-order valence-corrected chi connectivity index (χ3v) is 2.57. The minimum Gasteiger partial charge on any atom is -0.390 e. The molecule has 0 aliphatic heterocycles. The molecule has 1 saturated carbocycles. The zero-order chi connectivity index (χ0) is 7.07. The average Bonchev–Trinajstić information content (AvgIpc) is 1.62. The number of aliphatic hydroxyl groups is 1. The molecule has 0 aromatic carbocycles. The molecule has 1 aliphatic carbocycles. The van der Waals surface area contributed by atoms with E-state index in [2.05, 4.69) is 13.8 Å². The molecule has 1 nitrogen and oxygen atoms in total. The maximum Gasteiger partial charge on any atom is 0.0650 e. The molecule has 0 bridgehead atoms. The fraction of sp³-hybridized carbons (Fsp3) is 1.00. The van der Waals surface area contributed by atoms with Crippen LogP contribution < -0.4 is 0 Å². The van der Waals surface area contributed by atoms with Gasteiger partial charge in [0.15, 0.2) is 0 Å². The van der Waals surface area contributed by atoms with Crippen molar-refractivity contribution in [2.24, 2.45) is 11.8 Å². The lowest BCUT2D eigenvalue weighted by Gasteiger charge is -2.45. The second-order valence-electron chi connectivity index (χ2n) is 3.75. The summed E-state index contributed by atoms with van der Waals surface area (Å²) in [6.07, 6.45) is 2.21. The average molecular weight is 128 g/mol. The minimum atomic E-state index is -0.339. The van der Waals surface area contributed by atoms with Gasteiger partial charge in [0.2, 0.25) is 0 Å². The first-order valence-electron chi connectivity index (χ1n) is 3.76.